The number of aryl methyl sites for hydroxylation is 2. The second-order valence-corrected chi connectivity index (χ2v) is 8.43. The van der Waals surface area contributed by atoms with Gasteiger partial charge in [-0.1, -0.05) is 26.0 Å². The number of carbonyl (C=O) groups excluding carboxylic acids is 1. The standard InChI is InChI=1S/C24H28N4O/c1-14(2)23-25-12-18(13-26-23)21-11-20(24(29)28-10-6-7-16(28)4)19-9-8-15(3)17(5)22(19)27-21/h8-9,11-14,16H,6-7,10H2,1-5H3/t16-/m0/s1. The van der Waals surface area contributed by atoms with E-state index in [4.69, 9.17) is 4.98 Å². The molecule has 0 unspecified atom stereocenters. The molecule has 2 aromatic heterocycles. The number of likely N-dealkylation sites (tertiary alicyclic amines) is 1. The summed E-state index contributed by atoms with van der Waals surface area (Å²) in [6.45, 7) is 11.2. The van der Waals surface area contributed by atoms with Gasteiger partial charge in [-0.05, 0) is 50.8 Å². The van der Waals surface area contributed by atoms with E-state index in [1.807, 2.05) is 29.4 Å². The third-order valence-corrected chi connectivity index (χ3v) is 6.03. The van der Waals surface area contributed by atoms with E-state index >= 15 is 0 Å². The maximum absolute atomic E-state index is 13.5. The molecule has 0 N–H and O–H groups in total. The van der Waals surface area contributed by atoms with Gasteiger partial charge in [0, 0.05) is 41.8 Å². The summed E-state index contributed by atoms with van der Waals surface area (Å²) >= 11 is 0. The fourth-order valence-corrected chi connectivity index (χ4v) is 4.01. The lowest BCUT2D eigenvalue weighted by molar-refractivity contribution is 0.0749. The second-order valence-electron chi connectivity index (χ2n) is 8.43. The monoisotopic (exact) mass is 388 g/mol. The summed E-state index contributed by atoms with van der Waals surface area (Å²) in [5, 5.41) is 0.917. The summed E-state index contributed by atoms with van der Waals surface area (Å²) in [6, 6.07) is 6.29. The van der Waals surface area contributed by atoms with Gasteiger partial charge in [0.05, 0.1) is 16.8 Å². The minimum atomic E-state index is 0.0895. The van der Waals surface area contributed by atoms with Gasteiger partial charge < -0.3 is 4.90 Å². The molecule has 150 valence electrons. The highest BCUT2D eigenvalue weighted by Crippen LogP contribution is 2.30. The first-order valence-corrected chi connectivity index (χ1v) is 10.4. The zero-order valence-electron chi connectivity index (χ0n) is 17.9. The normalized spacial score (nSPS) is 16.8. The van der Waals surface area contributed by atoms with Crippen LogP contribution in [0.25, 0.3) is 22.2 Å². The fraction of sp³-hybridized carbons (Fsp3) is 0.417. The molecule has 1 fully saturated rings. The molecule has 0 bridgehead atoms. The van der Waals surface area contributed by atoms with Crippen molar-refractivity contribution in [1.82, 2.24) is 19.9 Å². The predicted octanol–water partition coefficient (Wildman–Crippen LogP) is 5.06. The topological polar surface area (TPSA) is 59.0 Å². The number of pyridine rings is 1. The Morgan fingerprint density at radius 2 is 1.90 bits per heavy atom. The smallest absolute Gasteiger partial charge is 0.254 e. The maximum atomic E-state index is 13.5. The number of nitrogens with zero attached hydrogens (tertiary/aromatic N) is 4. The quantitative estimate of drug-likeness (QED) is 0.629. The van der Waals surface area contributed by atoms with Crippen LogP contribution in [0.5, 0.6) is 0 Å². The van der Waals surface area contributed by atoms with Crippen LogP contribution in [0.1, 0.15) is 66.8 Å². The van der Waals surface area contributed by atoms with Crippen molar-refractivity contribution >= 4 is 16.8 Å². The van der Waals surface area contributed by atoms with E-state index < -0.39 is 0 Å². The predicted molar refractivity (Wildman–Crippen MR) is 116 cm³/mol. The third kappa shape index (κ3) is 3.50. The number of aromatic nitrogens is 3. The lowest BCUT2D eigenvalue weighted by Gasteiger charge is -2.23. The largest absolute Gasteiger partial charge is 0.336 e. The molecular formula is C24H28N4O. The molecule has 0 saturated carbocycles. The molecule has 1 atom stereocenters. The summed E-state index contributed by atoms with van der Waals surface area (Å²) in [7, 11) is 0. The SMILES string of the molecule is Cc1ccc2c(C(=O)N3CCC[C@@H]3C)cc(-c3cnc(C(C)C)nc3)nc2c1C. The molecule has 1 saturated heterocycles. The van der Waals surface area contributed by atoms with Crippen molar-refractivity contribution < 1.29 is 4.79 Å². The Morgan fingerprint density at radius 1 is 1.17 bits per heavy atom. The molecule has 1 aromatic carbocycles. The van der Waals surface area contributed by atoms with Crippen LogP contribution < -0.4 is 0 Å². The van der Waals surface area contributed by atoms with Crippen molar-refractivity contribution in [2.75, 3.05) is 6.54 Å². The van der Waals surface area contributed by atoms with Crippen LogP contribution in [0.3, 0.4) is 0 Å². The average Bonchev–Trinajstić information content (AvgIpc) is 3.15. The number of amides is 1. The Hall–Kier alpha value is -2.82. The molecule has 0 radical (unpaired) electrons. The Balaban J connectivity index is 1.89. The number of rotatable bonds is 3. The molecule has 3 heterocycles. The van der Waals surface area contributed by atoms with Gasteiger partial charge >= 0.3 is 0 Å². The van der Waals surface area contributed by atoms with Crippen LogP contribution in [0.4, 0.5) is 0 Å². The van der Waals surface area contributed by atoms with Crippen molar-refractivity contribution in [2.24, 2.45) is 0 Å². The van der Waals surface area contributed by atoms with Crippen LogP contribution in [-0.2, 0) is 0 Å². The Bertz CT molecular complexity index is 1070. The number of carbonyl (C=O) groups is 1. The molecule has 1 aliphatic rings. The van der Waals surface area contributed by atoms with Gasteiger partial charge in [0.2, 0.25) is 0 Å². The van der Waals surface area contributed by atoms with E-state index in [-0.39, 0.29) is 17.9 Å². The minimum absolute atomic E-state index is 0.0895. The van der Waals surface area contributed by atoms with Crippen LogP contribution in [0, 0.1) is 13.8 Å². The molecule has 0 spiro atoms. The highest BCUT2D eigenvalue weighted by atomic mass is 16.2. The van der Waals surface area contributed by atoms with Crippen molar-refractivity contribution in [3.63, 3.8) is 0 Å². The summed E-state index contributed by atoms with van der Waals surface area (Å²) < 4.78 is 0. The van der Waals surface area contributed by atoms with Gasteiger partial charge in [-0.25, -0.2) is 15.0 Å². The molecule has 29 heavy (non-hydrogen) atoms. The van der Waals surface area contributed by atoms with E-state index in [1.165, 1.54) is 5.56 Å². The van der Waals surface area contributed by atoms with Crippen molar-refractivity contribution in [2.45, 2.75) is 59.4 Å². The van der Waals surface area contributed by atoms with E-state index in [0.717, 1.165) is 58.5 Å². The van der Waals surface area contributed by atoms with E-state index in [9.17, 15) is 4.79 Å². The van der Waals surface area contributed by atoms with E-state index in [2.05, 4.69) is 50.7 Å². The molecule has 5 heteroatoms. The molecule has 5 nitrogen and oxygen atoms in total. The van der Waals surface area contributed by atoms with Gasteiger partial charge in [0.1, 0.15) is 5.82 Å². The first-order chi connectivity index (χ1) is 13.9. The summed E-state index contributed by atoms with van der Waals surface area (Å²) in [6.07, 6.45) is 5.75. The summed E-state index contributed by atoms with van der Waals surface area (Å²) in [5.74, 6) is 1.17. The molecule has 1 aliphatic heterocycles. The van der Waals surface area contributed by atoms with Crippen LogP contribution in [0.15, 0.2) is 30.6 Å². The first kappa shape index (κ1) is 19.5. The minimum Gasteiger partial charge on any atom is -0.336 e. The van der Waals surface area contributed by atoms with E-state index in [0.29, 0.717) is 0 Å². The number of fused-ring (bicyclic) bond motifs is 1. The summed E-state index contributed by atoms with van der Waals surface area (Å²) in [5.41, 5.74) is 5.45. The highest BCUT2D eigenvalue weighted by Gasteiger charge is 2.28. The molecule has 0 aliphatic carbocycles. The number of hydrogen-bond acceptors (Lipinski definition) is 4. The second kappa shape index (κ2) is 7.54. The Morgan fingerprint density at radius 3 is 2.52 bits per heavy atom. The summed E-state index contributed by atoms with van der Waals surface area (Å²) in [4.78, 5) is 29.4. The van der Waals surface area contributed by atoms with Crippen molar-refractivity contribution in [1.29, 1.82) is 0 Å². The maximum Gasteiger partial charge on any atom is 0.254 e. The van der Waals surface area contributed by atoms with Crippen molar-refractivity contribution in [3.8, 4) is 11.3 Å². The molecule has 1 amide bonds. The zero-order valence-corrected chi connectivity index (χ0v) is 17.9. The number of hydrogen-bond donors (Lipinski definition) is 0. The first-order valence-electron chi connectivity index (χ1n) is 10.4. The highest BCUT2D eigenvalue weighted by molar-refractivity contribution is 6.08. The molecular weight excluding hydrogens is 360 g/mol. The van der Waals surface area contributed by atoms with Crippen LogP contribution >= 0.6 is 0 Å². The van der Waals surface area contributed by atoms with Crippen LogP contribution in [0.2, 0.25) is 0 Å². The van der Waals surface area contributed by atoms with Gasteiger partial charge in [0.15, 0.2) is 0 Å². The van der Waals surface area contributed by atoms with Gasteiger partial charge in [-0.15, -0.1) is 0 Å². The average molecular weight is 389 g/mol. The lowest BCUT2D eigenvalue weighted by Crippen LogP contribution is -2.33. The van der Waals surface area contributed by atoms with Gasteiger partial charge in [0.25, 0.3) is 5.91 Å². The van der Waals surface area contributed by atoms with Gasteiger partial charge in [-0.2, -0.15) is 0 Å². The molecule has 4 rings (SSSR count). The Labute approximate surface area is 172 Å². The van der Waals surface area contributed by atoms with Crippen molar-refractivity contribution in [3.05, 3.63) is 53.1 Å². The van der Waals surface area contributed by atoms with Crippen LogP contribution in [-0.4, -0.2) is 38.3 Å². The van der Waals surface area contributed by atoms with Gasteiger partial charge in [-0.3, -0.25) is 4.79 Å². The lowest BCUT2D eigenvalue weighted by atomic mass is 9.99. The fourth-order valence-electron chi connectivity index (χ4n) is 4.01. The molecule has 3 aromatic rings. The third-order valence-electron chi connectivity index (χ3n) is 6.03. The number of benzene rings is 1. The van der Waals surface area contributed by atoms with E-state index in [1.54, 1.807) is 0 Å². The zero-order chi connectivity index (χ0) is 20.7. The Kier molecular flexibility index (Phi) is 5.07.